The van der Waals surface area contributed by atoms with E-state index in [2.05, 4.69) is 20.6 Å². The quantitative estimate of drug-likeness (QED) is 0.674. The molecule has 0 unspecified atom stereocenters. The molecule has 1 heterocycles. The number of aromatic nitrogens is 2. The third-order valence-electron chi connectivity index (χ3n) is 3.53. The summed E-state index contributed by atoms with van der Waals surface area (Å²) in [5.74, 6) is -1.59. The SMILES string of the molecule is COc1ccc(NC(=O)c2cc(Nc3c(F)cccc3F)ncn2)cc1Cl. The van der Waals surface area contributed by atoms with Gasteiger partial charge >= 0.3 is 0 Å². The Morgan fingerprint density at radius 3 is 2.52 bits per heavy atom. The molecule has 0 radical (unpaired) electrons. The van der Waals surface area contributed by atoms with Gasteiger partial charge in [0, 0.05) is 11.8 Å². The zero-order chi connectivity index (χ0) is 19.4. The summed E-state index contributed by atoms with van der Waals surface area (Å²) in [6.07, 6.45) is 1.11. The predicted octanol–water partition coefficient (Wildman–Crippen LogP) is 4.41. The molecule has 1 amide bonds. The summed E-state index contributed by atoms with van der Waals surface area (Å²) in [5.41, 5.74) is 0.0553. The summed E-state index contributed by atoms with van der Waals surface area (Å²) >= 11 is 6.02. The molecule has 1 aromatic heterocycles. The van der Waals surface area contributed by atoms with E-state index in [1.54, 1.807) is 12.1 Å². The number of anilines is 3. The second kappa shape index (κ2) is 7.96. The maximum Gasteiger partial charge on any atom is 0.274 e. The molecule has 3 rings (SSSR count). The first kappa shape index (κ1) is 18.5. The number of nitrogens with one attached hydrogen (secondary N) is 2. The highest BCUT2D eigenvalue weighted by Crippen LogP contribution is 2.27. The normalized spacial score (nSPS) is 10.4. The molecule has 0 fully saturated rings. The van der Waals surface area contributed by atoms with E-state index < -0.39 is 17.5 Å². The molecular formula is C18H13ClF2N4O2. The molecule has 0 atom stereocenters. The molecule has 0 saturated carbocycles. The number of rotatable bonds is 5. The van der Waals surface area contributed by atoms with E-state index in [9.17, 15) is 13.6 Å². The number of benzene rings is 2. The second-order valence-electron chi connectivity index (χ2n) is 5.31. The van der Waals surface area contributed by atoms with E-state index in [-0.39, 0.29) is 17.2 Å². The van der Waals surface area contributed by atoms with Gasteiger partial charge in [0.25, 0.3) is 5.91 Å². The lowest BCUT2D eigenvalue weighted by molar-refractivity contribution is 0.102. The summed E-state index contributed by atoms with van der Waals surface area (Å²) in [7, 11) is 1.48. The first-order valence-electron chi connectivity index (χ1n) is 7.66. The molecule has 6 nitrogen and oxygen atoms in total. The van der Waals surface area contributed by atoms with Crippen LogP contribution in [0.4, 0.5) is 26.0 Å². The van der Waals surface area contributed by atoms with Gasteiger partial charge in [0.05, 0.1) is 12.1 Å². The van der Waals surface area contributed by atoms with Crippen LogP contribution in [0.5, 0.6) is 5.75 Å². The van der Waals surface area contributed by atoms with Crippen LogP contribution in [0.3, 0.4) is 0 Å². The van der Waals surface area contributed by atoms with Crippen LogP contribution in [-0.2, 0) is 0 Å². The number of halogens is 3. The topological polar surface area (TPSA) is 76.1 Å². The van der Waals surface area contributed by atoms with E-state index in [1.807, 2.05) is 0 Å². The lowest BCUT2D eigenvalue weighted by atomic mass is 10.2. The minimum atomic E-state index is -0.785. The van der Waals surface area contributed by atoms with E-state index in [0.29, 0.717) is 16.5 Å². The van der Waals surface area contributed by atoms with Gasteiger partial charge in [0.15, 0.2) is 0 Å². The van der Waals surface area contributed by atoms with Crippen molar-refractivity contribution >= 4 is 34.7 Å². The van der Waals surface area contributed by atoms with Crippen LogP contribution in [0.15, 0.2) is 48.8 Å². The summed E-state index contributed by atoms with van der Waals surface area (Å²) in [5, 5.41) is 5.45. The number of amides is 1. The van der Waals surface area contributed by atoms with Crippen molar-refractivity contribution < 1.29 is 18.3 Å². The van der Waals surface area contributed by atoms with E-state index >= 15 is 0 Å². The Hall–Kier alpha value is -3.26. The molecule has 3 aromatic rings. The predicted molar refractivity (Wildman–Crippen MR) is 97.6 cm³/mol. The van der Waals surface area contributed by atoms with Crippen LogP contribution in [-0.4, -0.2) is 23.0 Å². The standard InChI is InChI=1S/C18H13ClF2N4O2/c1-27-15-6-5-10(7-11(15)19)24-18(26)14-8-16(23-9-22-14)25-17-12(20)3-2-4-13(17)21/h2-9H,1H3,(H,24,26)(H,22,23,25). The smallest absolute Gasteiger partial charge is 0.274 e. The molecule has 0 bridgehead atoms. The second-order valence-corrected chi connectivity index (χ2v) is 5.72. The summed E-state index contributed by atoms with van der Waals surface area (Å²) in [4.78, 5) is 20.1. The zero-order valence-electron chi connectivity index (χ0n) is 14.0. The fourth-order valence-corrected chi connectivity index (χ4v) is 2.49. The molecule has 138 valence electrons. The Balaban J connectivity index is 1.78. The Kier molecular flexibility index (Phi) is 5.46. The number of hydrogen-bond acceptors (Lipinski definition) is 5. The molecule has 2 aromatic carbocycles. The number of ether oxygens (including phenoxy) is 1. The van der Waals surface area contributed by atoms with Gasteiger partial charge in [0.2, 0.25) is 0 Å². The van der Waals surface area contributed by atoms with Gasteiger partial charge in [-0.15, -0.1) is 0 Å². The lowest BCUT2D eigenvalue weighted by Gasteiger charge is -2.10. The minimum absolute atomic E-state index is 0.00353. The summed E-state index contributed by atoms with van der Waals surface area (Å²) < 4.78 is 32.5. The average molecular weight is 391 g/mol. The number of hydrogen-bond donors (Lipinski definition) is 2. The van der Waals surface area contributed by atoms with Gasteiger partial charge in [-0.05, 0) is 30.3 Å². The molecular weight excluding hydrogens is 378 g/mol. The highest BCUT2D eigenvalue weighted by molar-refractivity contribution is 6.32. The molecule has 9 heteroatoms. The molecule has 2 N–H and O–H groups in total. The highest BCUT2D eigenvalue weighted by Gasteiger charge is 2.13. The van der Waals surface area contributed by atoms with Crippen molar-refractivity contribution in [2.45, 2.75) is 0 Å². The molecule has 27 heavy (non-hydrogen) atoms. The van der Waals surface area contributed by atoms with Crippen molar-refractivity contribution in [2.24, 2.45) is 0 Å². The number of nitrogens with zero attached hydrogens (tertiary/aromatic N) is 2. The van der Waals surface area contributed by atoms with E-state index in [4.69, 9.17) is 16.3 Å². The maximum absolute atomic E-state index is 13.7. The number of carbonyl (C=O) groups excluding carboxylic acids is 1. The Labute approximate surface area is 158 Å². The van der Waals surface area contributed by atoms with Crippen LogP contribution < -0.4 is 15.4 Å². The zero-order valence-corrected chi connectivity index (χ0v) is 14.7. The van der Waals surface area contributed by atoms with Crippen LogP contribution in [0.2, 0.25) is 5.02 Å². The van der Waals surface area contributed by atoms with Gasteiger partial charge in [-0.2, -0.15) is 0 Å². The fourth-order valence-electron chi connectivity index (χ4n) is 2.23. The third kappa shape index (κ3) is 4.29. The third-order valence-corrected chi connectivity index (χ3v) is 3.82. The largest absolute Gasteiger partial charge is 0.495 e. The average Bonchev–Trinajstić information content (AvgIpc) is 2.65. The van der Waals surface area contributed by atoms with Crippen LogP contribution in [0, 0.1) is 11.6 Å². The van der Waals surface area contributed by atoms with Gasteiger partial charge < -0.3 is 15.4 Å². The number of carbonyl (C=O) groups is 1. The van der Waals surface area contributed by atoms with E-state index in [1.165, 1.54) is 25.3 Å². The first-order chi connectivity index (χ1) is 13.0. The van der Waals surface area contributed by atoms with Crippen LogP contribution in [0.1, 0.15) is 10.5 Å². The van der Waals surface area contributed by atoms with Crippen molar-refractivity contribution in [2.75, 3.05) is 17.7 Å². The van der Waals surface area contributed by atoms with Crippen molar-refractivity contribution in [3.63, 3.8) is 0 Å². The first-order valence-corrected chi connectivity index (χ1v) is 8.03. The number of methoxy groups -OCH3 is 1. The number of para-hydroxylation sites is 1. The van der Waals surface area contributed by atoms with Crippen LogP contribution >= 0.6 is 11.6 Å². The van der Waals surface area contributed by atoms with Crippen molar-refractivity contribution in [3.05, 3.63) is 71.1 Å². The van der Waals surface area contributed by atoms with Crippen molar-refractivity contribution in [3.8, 4) is 5.75 Å². The Morgan fingerprint density at radius 1 is 1.11 bits per heavy atom. The molecule has 0 spiro atoms. The van der Waals surface area contributed by atoms with E-state index in [0.717, 1.165) is 18.5 Å². The van der Waals surface area contributed by atoms with Gasteiger partial charge in [0.1, 0.15) is 40.9 Å². The Morgan fingerprint density at radius 2 is 1.85 bits per heavy atom. The molecule has 0 aliphatic rings. The lowest BCUT2D eigenvalue weighted by Crippen LogP contribution is -2.14. The van der Waals surface area contributed by atoms with Gasteiger partial charge in [-0.25, -0.2) is 18.7 Å². The van der Waals surface area contributed by atoms with Crippen molar-refractivity contribution in [1.29, 1.82) is 0 Å². The Bertz CT molecular complexity index is 981. The maximum atomic E-state index is 13.7. The monoisotopic (exact) mass is 390 g/mol. The summed E-state index contributed by atoms with van der Waals surface area (Å²) in [6, 6.07) is 9.46. The summed E-state index contributed by atoms with van der Waals surface area (Å²) in [6.45, 7) is 0. The van der Waals surface area contributed by atoms with Crippen LogP contribution in [0.25, 0.3) is 0 Å². The molecule has 0 aliphatic heterocycles. The highest BCUT2D eigenvalue weighted by atomic mass is 35.5. The van der Waals surface area contributed by atoms with Gasteiger partial charge in [-0.1, -0.05) is 17.7 Å². The molecule has 0 saturated heterocycles. The van der Waals surface area contributed by atoms with Crippen molar-refractivity contribution in [1.82, 2.24) is 9.97 Å². The van der Waals surface area contributed by atoms with Gasteiger partial charge in [-0.3, -0.25) is 4.79 Å². The molecule has 0 aliphatic carbocycles. The fraction of sp³-hybridized carbons (Fsp3) is 0.0556. The minimum Gasteiger partial charge on any atom is -0.495 e.